The molecule has 0 spiro atoms. The van der Waals surface area contributed by atoms with Crippen molar-refractivity contribution in [3.63, 3.8) is 0 Å². The molecule has 1 N–H and O–H groups in total. The number of halogens is 2. The van der Waals surface area contributed by atoms with Gasteiger partial charge in [-0.1, -0.05) is 0 Å². The number of nitrogens with one attached hydrogen (secondary N) is 1. The molecule has 0 aliphatic rings. The van der Waals surface area contributed by atoms with Gasteiger partial charge in [0.1, 0.15) is 5.76 Å². The molecule has 0 aliphatic carbocycles. The second-order valence-corrected chi connectivity index (χ2v) is 6.76. The van der Waals surface area contributed by atoms with Gasteiger partial charge in [-0.3, -0.25) is 0 Å². The minimum absolute atomic E-state index is 0.231. The number of hydrogen-bond acceptors (Lipinski definition) is 3. The van der Waals surface area contributed by atoms with Crippen molar-refractivity contribution in [2.75, 3.05) is 0 Å². The van der Waals surface area contributed by atoms with Gasteiger partial charge in [0.25, 0.3) is 0 Å². The van der Waals surface area contributed by atoms with Gasteiger partial charge in [0.15, 0.2) is 0 Å². The first-order chi connectivity index (χ1) is 7.66. The van der Waals surface area contributed by atoms with E-state index in [1.165, 1.54) is 4.88 Å². The maximum Gasteiger partial charge on any atom is 0.120 e. The number of hydrogen-bond donors (Lipinski definition) is 1. The van der Waals surface area contributed by atoms with Crippen LogP contribution in [0.3, 0.4) is 0 Å². The van der Waals surface area contributed by atoms with E-state index in [1.807, 2.05) is 12.1 Å². The fourth-order valence-corrected chi connectivity index (χ4v) is 3.50. The molecule has 86 valence electrons. The van der Waals surface area contributed by atoms with Crippen LogP contribution in [-0.4, -0.2) is 0 Å². The van der Waals surface area contributed by atoms with Gasteiger partial charge >= 0.3 is 0 Å². The fourth-order valence-electron chi connectivity index (χ4n) is 1.37. The van der Waals surface area contributed by atoms with E-state index >= 15 is 0 Å². The minimum atomic E-state index is 0.231. The lowest BCUT2D eigenvalue weighted by Crippen LogP contribution is -2.16. The summed E-state index contributed by atoms with van der Waals surface area (Å²) in [5, 5.41) is 3.42. The van der Waals surface area contributed by atoms with Crippen LogP contribution < -0.4 is 5.32 Å². The summed E-state index contributed by atoms with van der Waals surface area (Å²) < 4.78 is 7.58. The van der Waals surface area contributed by atoms with Crippen molar-refractivity contribution in [2.24, 2.45) is 0 Å². The zero-order chi connectivity index (χ0) is 11.5. The third-order valence-electron chi connectivity index (χ3n) is 2.25. The zero-order valence-electron chi connectivity index (χ0n) is 8.67. The van der Waals surface area contributed by atoms with Crippen molar-refractivity contribution in [3.05, 3.63) is 43.4 Å². The van der Waals surface area contributed by atoms with Crippen LogP contribution in [0.1, 0.15) is 23.6 Å². The smallest absolute Gasteiger partial charge is 0.120 e. The summed E-state index contributed by atoms with van der Waals surface area (Å²) in [5.74, 6) is 0.967. The topological polar surface area (TPSA) is 25.2 Å². The highest BCUT2D eigenvalue weighted by Gasteiger charge is 2.09. The standard InChI is InChI=1S/C11H11Br2NOS/c1-7(10-3-2-4-15-10)14-6-8-5-9(12)11(13)16-8/h2-5,7,14H,6H2,1H3. The highest BCUT2D eigenvalue weighted by molar-refractivity contribution is 9.13. The Morgan fingerprint density at radius 2 is 2.31 bits per heavy atom. The molecule has 1 atom stereocenters. The van der Waals surface area contributed by atoms with Gasteiger partial charge in [0.2, 0.25) is 0 Å². The molecular weight excluding hydrogens is 354 g/mol. The van der Waals surface area contributed by atoms with Crippen LogP contribution in [0, 0.1) is 0 Å². The van der Waals surface area contributed by atoms with Crippen LogP contribution in [-0.2, 0) is 6.54 Å². The molecule has 0 saturated carbocycles. The lowest BCUT2D eigenvalue weighted by atomic mass is 10.2. The van der Waals surface area contributed by atoms with E-state index in [0.29, 0.717) is 0 Å². The largest absolute Gasteiger partial charge is 0.468 e. The van der Waals surface area contributed by atoms with Crippen molar-refractivity contribution >= 4 is 43.2 Å². The predicted molar refractivity (Wildman–Crippen MR) is 73.7 cm³/mol. The molecule has 0 amide bonds. The third kappa shape index (κ3) is 2.97. The van der Waals surface area contributed by atoms with Crippen molar-refractivity contribution in [2.45, 2.75) is 19.5 Å². The predicted octanol–water partition coefficient (Wildman–Crippen LogP) is 4.72. The Bertz CT molecular complexity index is 433. The monoisotopic (exact) mass is 363 g/mol. The summed E-state index contributed by atoms with van der Waals surface area (Å²) in [5.41, 5.74) is 0. The van der Waals surface area contributed by atoms with Gasteiger partial charge in [-0.25, -0.2) is 0 Å². The van der Waals surface area contributed by atoms with Crippen molar-refractivity contribution in [1.82, 2.24) is 5.32 Å². The molecule has 16 heavy (non-hydrogen) atoms. The van der Waals surface area contributed by atoms with Crippen LogP contribution in [0.2, 0.25) is 0 Å². The summed E-state index contributed by atoms with van der Waals surface area (Å²) in [6.45, 7) is 2.94. The number of thiophene rings is 1. The van der Waals surface area contributed by atoms with Crippen LogP contribution in [0.4, 0.5) is 0 Å². The Morgan fingerprint density at radius 1 is 1.50 bits per heavy atom. The van der Waals surface area contributed by atoms with Gasteiger partial charge in [0, 0.05) is 15.9 Å². The van der Waals surface area contributed by atoms with E-state index in [-0.39, 0.29) is 6.04 Å². The van der Waals surface area contributed by atoms with Gasteiger partial charge in [-0.15, -0.1) is 11.3 Å². The average Bonchev–Trinajstić information content (AvgIpc) is 2.86. The molecule has 0 aromatic carbocycles. The van der Waals surface area contributed by atoms with Crippen LogP contribution in [0.5, 0.6) is 0 Å². The molecule has 2 rings (SSSR count). The Hall–Kier alpha value is -0.100. The Morgan fingerprint density at radius 3 is 2.88 bits per heavy atom. The first-order valence-corrected chi connectivity index (χ1v) is 7.27. The maximum absolute atomic E-state index is 5.34. The molecule has 0 fully saturated rings. The second kappa shape index (κ2) is 5.49. The van der Waals surface area contributed by atoms with E-state index in [1.54, 1.807) is 17.6 Å². The van der Waals surface area contributed by atoms with Gasteiger partial charge in [0.05, 0.1) is 16.1 Å². The maximum atomic E-state index is 5.34. The van der Waals surface area contributed by atoms with E-state index in [0.717, 1.165) is 20.6 Å². The van der Waals surface area contributed by atoms with Gasteiger partial charge < -0.3 is 9.73 Å². The highest BCUT2D eigenvalue weighted by atomic mass is 79.9. The lowest BCUT2D eigenvalue weighted by Gasteiger charge is -2.09. The van der Waals surface area contributed by atoms with E-state index < -0.39 is 0 Å². The molecule has 5 heteroatoms. The first-order valence-electron chi connectivity index (χ1n) is 4.87. The SMILES string of the molecule is CC(NCc1cc(Br)c(Br)s1)c1ccco1. The Balaban J connectivity index is 1.92. The summed E-state index contributed by atoms with van der Waals surface area (Å²) in [6.07, 6.45) is 1.70. The highest BCUT2D eigenvalue weighted by Crippen LogP contribution is 2.32. The quantitative estimate of drug-likeness (QED) is 0.849. The lowest BCUT2D eigenvalue weighted by molar-refractivity contribution is 0.431. The molecule has 0 bridgehead atoms. The third-order valence-corrected chi connectivity index (χ3v) is 5.50. The summed E-state index contributed by atoms with van der Waals surface area (Å²) in [4.78, 5) is 1.29. The fraction of sp³-hybridized carbons (Fsp3) is 0.273. The van der Waals surface area contributed by atoms with Crippen LogP contribution in [0.15, 0.2) is 37.1 Å². The summed E-state index contributed by atoms with van der Waals surface area (Å²) in [6, 6.07) is 6.25. The second-order valence-electron chi connectivity index (χ2n) is 3.45. The average molecular weight is 365 g/mol. The minimum Gasteiger partial charge on any atom is -0.468 e. The van der Waals surface area contributed by atoms with Crippen molar-refractivity contribution < 1.29 is 4.42 Å². The molecule has 0 saturated heterocycles. The molecule has 0 radical (unpaired) electrons. The van der Waals surface area contributed by atoms with E-state index in [2.05, 4.69) is 50.2 Å². The molecule has 2 aromatic rings. The molecule has 2 nitrogen and oxygen atoms in total. The summed E-state index contributed by atoms with van der Waals surface area (Å²) >= 11 is 8.70. The number of furan rings is 1. The van der Waals surface area contributed by atoms with E-state index in [9.17, 15) is 0 Å². The zero-order valence-corrected chi connectivity index (χ0v) is 12.7. The molecule has 1 unspecified atom stereocenters. The van der Waals surface area contributed by atoms with Crippen molar-refractivity contribution in [3.8, 4) is 0 Å². The molecular formula is C11H11Br2NOS. The number of rotatable bonds is 4. The molecule has 2 heterocycles. The molecule has 0 aliphatic heterocycles. The summed E-state index contributed by atoms with van der Waals surface area (Å²) in [7, 11) is 0. The Labute approximate surface area is 115 Å². The van der Waals surface area contributed by atoms with Crippen LogP contribution in [0.25, 0.3) is 0 Å². The normalized spacial score (nSPS) is 12.9. The van der Waals surface area contributed by atoms with Crippen LogP contribution >= 0.6 is 43.2 Å². The first kappa shape index (κ1) is 12.4. The van der Waals surface area contributed by atoms with Gasteiger partial charge in [-0.2, -0.15) is 0 Å². The van der Waals surface area contributed by atoms with E-state index in [4.69, 9.17) is 4.42 Å². The Kier molecular flexibility index (Phi) is 4.24. The molecule has 2 aromatic heterocycles. The van der Waals surface area contributed by atoms with Gasteiger partial charge in [-0.05, 0) is 57.0 Å². The van der Waals surface area contributed by atoms with Crippen molar-refractivity contribution in [1.29, 1.82) is 0 Å².